The zero-order chi connectivity index (χ0) is 6.32. The van der Waals surface area contributed by atoms with Gasteiger partial charge in [-0.2, -0.15) is 0 Å². The summed E-state index contributed by atoms with van der Waals surface area (Å²) in [6.45, 7) is 3.83. The third-order valence-corrected chi connectivity index (χ3v) is 2.45. The van der Waals surface area contributed by atoms with Gasteiger partial charge in [0.2, 0.25) is 0 Å². The van der Waals surface area contributed by atoms with Gasteiger partial charge in [-0.3, -0.25) is 0 Å². The molecule has 0 aromatic rings. The fourth-order valence-corrected chi connectivity index (χ4v) is 1.75. The third-order valence-electron chi connectivity index (χ3n) is 2.45. The monoisotopic (exact) mass is 128 g/mol. The topological polar surface area (TPSA) is 18.5 Å². The van der Waals surface area contributed by atoms with Crippen LogP contribution in [0.2, 0.25) is 0 Å². The van der Waals surface area contributed by atoms with Crippen molar-refractivity contribution < 1.29 is 9.47 Å². The Labute approximate surface area is 55.1 Å². The predicted molar refractivity (Wildman–Crippen MR) is 33.0 cm³/mol. The molecular formula is C7H12O2. The Balaban J connectivity index is 2.17. The number of hydrogen-bond acceptors (Lipinski definition) is 2. The lowest BCUT2D eigenvalue weighted by Gasteiger charge is -2.20. The van der Waals surface area contributed by atoms with Gasteiger partial charge < -0.3 is 9.47 Å². The van der Waals surface area contributed by atoms with E-state index < -0.39 is 0 Å². The number of rotatable bonds is 0. The average Bonchev–Trinajstić information content (AvgIpc) is 2.22. The first-order valence-electron chi connectivity index (χ1n) is 3.59. The van der Waals surface area contributed by atoms with Crippen molar-refractivity contribution in [1.29, 1.82) is 0 Å². The summed E-state index contributed by atoms with van der Waals surface area (Å²) in [5.41, 5.74) is 0. The Morgan fingerprint density at radius 3 is 2.22 bits per heavy atom. The number of fused-ring (bicyclic) bond motifs is 1. The van der Waals surface area contributed by atoms with E-state index in [0.717, 1.165) is 13.2 Å². The standard InChI is InChI=1S/C7H12O2/c1-7-6(2-4-8-7)3-5-9-7/h6H,2-5H2,1H3/t6-,7+. The van der Waals surface area contributed by atoms with Gasteiger partial charge in [0, 0.05) is 5.92 Å². The summed E-state index contributed by atoms with van der Waals surface area (Å²) >= 11 is 0. The second-order valence-corrected chi connectivity index (χ2v) is 2.99. The molecule has 0 saturated carbocycles. The Morgan fingerprint density at radius 2 is 1.78 bits per heavy atom. The minimum atomic E-state index is -0.194. The second kappa shape index (κ2) is 1.70. The minimum absolute atomic E-state index is 0.194. The van der Waals surface area contributed by atoms with Gasteiger partial charge in [-0.1, -0.05) is 0 Å². The highest BCUT2D eigenvalue weighted by Crippen LogP contribution is 2.40. The molecule has 2 heteroatoms. The van der Waals surface area contributed by atoms with Crippen molar-refractivity contribution in [3.8, 4) is 0 Å². The Hall–Kier alpha value is -0.0800. The highest BCUT2D eigenvalue weighted by Gasteiger charge is 2.44. The van der Waals surface area contributed by atoms with Gasteiger partial charge in [0.25, 0.3) is 0 Å². The maximum Gasteiger partial charge on any atom is 0.168 e. The van der Waals surface area contributed by atoms with E-state index in [0.29, 0.717) is 5.92 Å². The lowest BCUT2D eigenvalue weighted by atomic mass is 9.99. The van der Waals surface area contributed by atoms with E-state index in [1.165, 1.54) is 12.8 Å². The highest BCUT2D eigenvalue weighted by molar-refractivity contribution is 4.85. The van der Waals surface area contributed by atoms with Crippen LogP contribution in [0, 0.1) is 5.92 Å². The summed E-state index contributed by atoms with van der Waals surface area (Å²) in [7, 11) is 0. The summed E-state index contributed by atoms with van der Waals surface area (Å²) in [5.74, 6) is 0.484. The zero-order valence-corrected chi connectivity index (χ0v) is 5.72. The lowest BCUT2D eigenvalue weighted by molar-refractivity contribution is -0.181. The summed E-state index contributed by atoms with van der Waals surface area (Å²) in [6.07, 6.45) is 2.38. The zero-order valence-electron chi connectivity index (χ0n) is 5.72. The van der Waals surface area contributed by atoms with Gasteiger partial charge in [0.15, 0.2) is 5.79 Å². The molecule has 2 aliphatic rings. The van der Waals surface area contributed by atoms with Crippen LogP contribution in [0.25, 0.3) is 0 Å². The molecule has 0 aliphatic carbocycles. The third kappa shape index (κ3) is 0.700. The van der Waals surface area contributed by atoms with Gasteiger partial charge in [-0.05, 0) is 19.8 Å². The molecule has 2 aliphatic heterocycles. The first-order chi connectivity index (χ1) is 4.31. The first-order valence-corrected chi connectivity index (χ1v) is 3.59. The van der Waals surface area contributed by atoms with Crippen molar-refractivity contribution in [2.75, 3.05) is 13.2 Å². The molecule has 0 aromatic carbocycles. The smallest absolute Gasteiger partial charge is 0.168 e. The van der Waals surface area contributed by atoms with Crippen LogP contribution >= 0.6 is 0 Å². The average molecular weight is 128 g/mol. The fourth-order valence-electron chi connectivity index (χ4n) is 1.75. The molecule has 2 nitrogen and oxygen atoms in total. The molecule has 0 amide bonds. The molecule has 2 heterocycles. The van der Waals surface area contributed by atoms with Crippen LogP contribution < -0.4 is 0 Å². The van der Waals surface area contributed by atoms with Crippen LogP contribution in [0.3, 0.4) is 0 Å². The summed E-state index contributed by atoms with van der Waals surface area (Å²) in [4.78, 5) is 0. The second-order valence-electron chi connectivity index (χ2n) is 2.99. The molecule has 0 unspecified atom stereocenters. The van der Waals surface area contributed by atoms with Crippen LogP contribution in [0.5, 0.6) is 0 Å². The first kappa shape index (κ1) is 5.69. The van der Waals surface area contributed by atoms with Crippen LogP contribution in [0.4, 0.5) is 0 Å². The summed E-state index contributed by atoms with van der Waals surface area (Å²) < 4.78 is 10.9. The summed E-state index contributed by atoms with van der Waals surface area (Å²) in [6, 6.07) is 0. The van der Waals surface area contributed by atoms with Gasteiger partial charge in [-0.15, -0.1) is 0 Å². The van der Waals surface area contributed by atoms with Gasteiger partial charge in [0.1, 0.15) is 0 Å². The van der Waals surface area contributed by atoms with E-state index in [4.69, 9.17) is 9.47 Å². The molecular weight excluding hydrogens is 116 g/mol. The van der Waals surface area contributed by atoms with E-state index >= 15 is 0 Å². The highest BCUT2D eigenvalue weighted by atomic mass is 16.7. The lowest BCUT2D eigenvalue weighted by Crippen LogP contribution is -2.27. The van der Waals surface area contributed by atoms with Crippen molar-refractivity contribution in [3.05, 3.63) is 0 Å². The van der Waals surface area contributed by atoms with Crippen molar-refractivity contribution in [2.45, 2.75) is 25.6 Å². The van der Waals surface area contributed by atoms with E-state index in [1.54, 1.807) is 0 Å². The van der Waals surface area contributed by atoms with Crippen LogP contribution in [-0.4, -0.2) is 19.0 Å². The van der Waals surface area contributed by atoms with Gasteiger partial charge >= 0.3 is 0 Å². The normalized spacial score (nSPS) is 49.7. The fraction of sp³-hybridized carbons (Fsp3) is 1.00. The molecule has 0 N–H and O–H groups in total. The Kier molecular flexibility index (Phi) is 1.08. The molecule has 0 spiro atoms. The van der Waals surface area contributed by atoms with Crippen molar-refractivity contribution in [3.63, 3.8) is 0 Å². The van der Waals surface area contributed by atoms with Gasteiger partial charge in [-0.25, -0.2) is 0 Å². The minimum Gasteiger partial charge on any atom is -0.350 e. The Morgan fingerprint density at radius 1 is 1.22 bits per heavy atom. The van der Waals surface area contributed by atoms with E-state index in [9.17, 15) is 0 Å². The van der Waals surface area contributed by atoms with E-state index in [-0.39, 0.29) is 5.79 Å². The molecule has 0 radical (unpaired) electrons. The molecule has 2 fully saturated rings. The van der Waals surface area contributed by atoms with Crippen molar-refractivity contribution in [1.82, 2.24) is 0 Å². The molecule has 9 heavy (non-hydrogen) atoms. The SMILES string of the molecule is C[C@]12OCC[C@H]1CCO2. The van der Waals surface area contributed by atoms with Gasteiger partial charge in [0.05, 0.1) is 13.2 Å². The summed E-state index contributed by atoms with van der Waals surface area (Å²) in [5, 5.41) is 0. The molecule has 0 atom stereocenters. The molecule has 2 saturated heterocycles. The van der Waals surface area contributed by atoms with E-state index in [2.05, 4.69) is 6.92 Å². The van der Waals surface area contributed by atoms with Crippen LogP contribution in [-0.2, 0) is 9.47 Å². The predicted octanol–water partition coefficient (Wildman–Crippen LogP) is 1.16. The molecule has 52 valence electrons. The maximum absolute atomic E-state index is 5.44. The van der Waals surface area contributed by atoms with E-state index in [1.807, 2.05) is 0 Å². The van der Waals surface area contributed by atoms with Crippen molar-refractivity contribution >= 4 is 0 Å². The Bertz CT molecular complexity index is 112. The molecule has 2 rings (SSSR count). The van der Waals surface area contributed by atoms with Crippen LogP contribution in [0.1, 0.15) is 19.8 Å². The molecule has 0 aromatic heterocycles. The largest absolute Gasteiger partial charge is 0.350 e. The number of hydrogen-bond donors (Lipinski definition) is 0. The van der Waals surface area contributed by atoms with Crippen LogP contribution in [0.15, 0.2) is 0 Å². The van der Waals surface area contributed by atoms with Crippen molar-refractivity contribution in [2.24, 2.45) is 5.92 Å². The molecule has 0 bridgehead atoms. The quantitative estimate of drug-likeness (QED) is 0.487. The maximum atomic E-state index is 5.44. The number of ether oxygens (including phenoxy) is 2.